The second-order valence-corrected chi connectivity index (χ2v) is 10.4. The van der Waals surface area contributed by atoms with Crippen LogP contribution in [0.1, 0.15) is 25.5 Å². The zero-order chi connectivity index (χ0) is 24.6. The van der Waals surface area contributed by atoms with Gasteiger partial charge in [0.1, 0.15) is 23.5 Å². The first-order valence-electron chi connectivity index (χ1n) is 10.6. The van der Waals surface area contributed by atoms with Gasteiger partial charge in [-0.25, -0.2) is 4.79 Å². The number of nitrogens with one attached hydrogen (secondary N) is 2. The molecule has 2 aliphatic rings. The molecule has 0 saturated carbocycles. The summed E-state index contributed by atoms with van der Waals surface area (Å²) in [6.45, 7) is 3.09. The SMILES string of the molecule is CC1(C)S[C@@H]2C(NC(=O)CNC(=O)C(c3ccccc3)n3ccccc3=O)C(=O)N2[C@H]1C(=O)O. The molecule has 11 heteroatoms. The maximum Gasteiger partial charge on any atom is 0.327 e. The average Bonchev–Trinajstić information content (AvgIpc) is 3.06. The van der Waals surface area contributed by atoms with E-state index in [9.17, 15) is 29.1 Å². The van der Waals surface area contributed by atoms with Crippen LogP contribution < -0.4 is 16.2 Å². The number of thioether (sulfide) groups is 1. The van der Waals surface area contributed by atoms with Crippen LogP contribution in [0.2, 0.25) is 0 Å². The molecule has 2 aromatic rings. The summed E-state index contributed by atoms with van der Waals surface area (Å²) >= 11 is 1.32. The highest BCUT2D eigenvalue weighted by Crippen LogP contribution is 2.50. The number of hydrogen-bond acceptors (Lipinski definition) is 6. The Morgan fingerprint density at radius 2 is 1.76 bits per heavy atom. The minimum absolute atomic E-state index is 0.370. The zero-order valence-electron chi connectivity index (χ0n) is 18.5. The second-order valence-electron chi connectivity index (χ2n) is 8.62. The monoisotopic (exact) mass is 484 g/mol. The van der Waals surface area contributed by atoms with Gasteiger partial charge in [-0.3, -0.25) is 23.7 Å². The third-order valence-corrected chi connectivity index (χ3v) is 7.48. The van der Waals surface area contributed by atoms with Gasteiger partial charge in [0, 0.05) is 17.0 Å². The van der Waals surface area contributed by atoms with Crippen molar-refractivity contribution in [2.45, 2.75) is 42.1 Å². The van der Waals surface area contributed by atoms with Gasteiger partial charge in [-0.2, -0.15) is 0 Å². The number of carboxylic acids is 1. The largest absolute Gasteiger partial charge is 0.480 e. The maximum atomic E-state index is 13.0. The Bertz CT molecular complexity index is 1200. The van der Waals surface area contributed by atoms with E-state index in [2.05, 4.69) is 10.6 Å². The number of β-lactam (4-membered cyclic amide) rings is 1. The molecular weight excluding hydrogens is 460 g/mol. The Morgan fingerprint density at radius 3 is 2.41 bits per heavy atom. The number of carbonyl (C=O) groups excluding carboxylic acids is 3. The molecule has 0 aliphatic carbocycles. The number of pyridine rings is 1. The highest BCUT2D eigenvalue weighted by atomic mass is 32.2. The van der Waals surface area contributed by atoms with E-state index in [0.29, 0.717) is 5.56 Å². The number of carboxylic acid groups (broad SMARTS) is 1. The van der Waals surface area contributed by atoms with E-state index < -0.39 is 58.5 Å². The summed E-state index contributed by atoms with van der Waals surface area (Å²) in [6, 6.07) is 10.4. The van der Waals surface area contributed by atoms with E-state index in [-0.39, 0.29) is 5.56 Å². The van der Waals surface area contributed by atoms with Gasteiger partial charge in [0.25, 0.3) is 5.56 Å². The molecule has 0 spiro atoms. The Hall–Kier alpha value is -3.60. The minimum Gasteiger partial charge on any atom is -0.480 e. The molecule has 3 N–H and O–H groups in total. The van der Waals surface area contributed by atoms with Crippen LogP contribution in [0.15, 0.2) is 59.5 Å². The highest BCUT2D eigenvalue weighted by Gasteiger charge is 2.64. The lowest BCUT2D eigenvalue weighted by molar-refractivity contribution is -0.161. The Morgan fingerprint density at radius 1 is 1.09 bits per heavy atom. The average molecular weight is 485 g/mol. The van der Waals surface area contributed by atoms with E-state index in [0.717, 1.165) is 0 Å². The molecule has 0 bridgehead atoms. The van der Waals surface area contributed by atoms with E-state index in [1.165, 1.54) is 33.5 Å². The van der Waals surface area contributed by atoms with Crippen LogP contribution >= 0.6 is 11.8 Å². The van der Waals surface area contributed by atoms with Crippen molar-refractivity contribution in [1.82, 2.24) is 20.1 Å². The molecule has 3 heterocycles. The molecule has 178 valence electrons. The molecule has 10 nitrogen and oxygen atoms in total. The summed E-state index contributed by atoms with van der Waals surface area (Å²) in [5, 5.41) is 14.1. The molecule has 1 aromatic carbocycles. The first-order chi connectivity index (χ1) is 16.1. The highest BCUT2D eigenvalue weighted by molar-refractivity contribution is 8.01. The number of fused-ring (bicyclic) bond motifs is 1. The van der Waals surface area contributed by atoms with Crippen LogP contribution in [-0.2, 0) is 19.2 Å². The van der Waals surface area contributed by atoms with Crippen molar-refractivity contribution in [3.63, 3.8) is 0 Å². The summed E-state index contributed by atoms with van der Waals surface area (Å²) in [5.74, 6) is -2.70. The van der Waals surface area contributed by atoms with Gasteiger partial charge in [0.2, 0.25) is 17.7 Å². The smallest absolute Gasteiger partial charge is 0.327 e. The molecule has 2 unspecified atom stereocenters. The molecule has 1 aromatic heterocycles. The van der Waals surface area contributed by atoms with Gasteiger partial charge in [-0.05, 0) is 25.5 Å². The molecular formula is C23H24N4O6S. The van der Waals surface area contributed by atoms with Crippen LogP contribution in [0.5, 0.6) is 0 Å². The first kappa shape index (κ1) is 23.6. The van der Waals surface area contributed by atoms with E-state index in [1.54, 1.807) is 56.3 Å². The van der Waals surface area contributed by atoms with Crippen molar-refractivity contribution in [3.05, 3.63) is 70.6 Å². The summed E-state index contributed by atoms with van der Waals surface area (Å²) in [7, 11) is 0. The molecule has 3 amide bonds. The maximum absolute atomic E-state index is 13.0. The van der Waals surface area contributed by atoms with Crippen molar-refractivity contribution in [2.75, 3.05) is 6.54 Å². The number of benzene rings is 1. The first-order valence-corrected chi connectivity index (χ1v) is 11.5. The Balaban J connectivity index is 1.42. The predicted molar refractivity (Wildman–Crippen MR) is 124 cm³/mol. The van der Waals surface area contributed by atoms with E-state index in [1.807, 2.05) is 0 Å². The number of carbonyl (C=O) groups is 4. The van der Waals surface area contributed by atoms with Crippen LogP contribution in [0.25, 0.3) is 0 Å². The normalized spacial score (nSPS) is 23.4. The summed E-state index contributed by atoms with van der Waals surface area (Å²) in [5.41, 5.74) is 0.202. The summed E-state index contributed by atoms with van der Waals surface area (Å²) in [4.78, 5) is 63.4. The third kappa shape index (κ3) is 4.18. The molecule has 0 radical (unpaired) electrons. The standard InChI is InChI=1S/C23H24N4O6S/c1-23(2)18(22(32)33)27-20(31)16(21(27)34-23)25-14(28)12-24-19(30)17(13-8-4-3-5-9-13)26-11-7-6-10-15(26)29/h3-11,16-18,21H,12H2,1-2H3,(H,24,30)(H,25,28)(H,32,33)/t16?,17?,18-,21+/m0/s1. The molecule has 4 rings (SSSR count). The second kappa shape index (κ2) is 8.98. The van der Waals surface area contributed by atoms with Crippen LogP contribution in [-0.4, -0.2) is 67.0 Å². The lowest BCUT2D eigenvalue weighted by Crippen LogP contribution is -2.71. The lowest BCUT2D eigenvalue weighted by Gasteiger charge is -2.43. The van der Waals surface area contributed by atoms with Crippen molar-refractivity contribution < 1.29 is 24.3 Å². The molecule has 2 fully saturated rings. The van der Waals surface area contributed by atoms with Gasteiger partial charge < -0.3 is 20.6 Å². The van der Waals surface area contributed by atoms with Crippen LogP contribution in [0.3, 0.4) is 0 Å². The van der Waals surface area contributed by atoms with Crippen LogP contribution in [0.4, 0.5) is 0 Å². The van der Waals surface area contributed by atoms with Gasteiger partial charge >= 0.3 is 5.97 Å². The van der Waals surface area contributed by atoms with Crippen molar-refractivity contribution >= 4 is 35.5 Å². The number of rotatable bonds is 7. The molecule has 2 saturated heterocycles. The fraction of sp³-hybridized carbons (Fsp3) is 0.348. The van der Waals surface area contributed by atoms with E-state index >= 15 is 0 Å². The van der Waals surface area contributed by atoms with E-state index in [4.69, 9.17) is 0 Å². The van der Waals surface area contributed by atoms with Gasteiger partial charge in [-0.15, -0.1) is 11.8 Å². The van der Waals surface area contributed by atoms with Crippen molar-refractivity contribution in [2.24, 2.45) is 0 Å². The number of aromatic nitrogens is 1. The topological polar surface area (TPSA) is 138 Å². The van der Waals surface area contributed by atoms with Crippen molar-refractivity contribution in [3.8, 4) is 0 Å². The Kier molecular flexibility index (Phi) is 6.22. The zero-order valence-corrected chi connectivity index (χ0v) is 19.3. The quantitative estimate of drug-likeness (QED) is 0.477. The fourth-order valence-corrected chi connectivity index (χ4v) is 5.99. The molecule has 34 heavy (non-hydrogen) atoms. The third-order valence-electron chi connectivity index (χ3n) is 5.91. The number of hydrogen-bond donors (Lipinski definition) is 3. The van der Waals surface area contributed by atoms with Gasteiger partial charge in [0.05, 0.1) is 6.54 Å². The number of aliphatic carboxylic acids is 1. The van der Waals surface area contributed by atoms with Crippen molar-refractivity contribution in [1.29, 1.82) is 0 Å². The minimum atomic E-state index is -1.09. The molecule has 4 atom stereocenters. The molecule has 2 aliphatic heterocycles. The lowest BCUT2D eigenvalue weighted by atomic mass is 9.96. The van der Waals surface area contributed by atoms with Crippen LogP contribution in [0, 0.1) is 0 Å². The Labute approximate surface area is 199 Å². The summed E-state index contributed by atoms with van der Waals surface area (Å²) in [6.07, 6.45) is 1.50. The number of amides is 3. The summed E-state index contributed by atoms with van der Waals surface area (Å²) < 4.78 is 0.574. The van der Waals surface area contributed by atoms with Gasteiger partial charge in [0.15, 0.2) is 0 Å². The predicted octanol–water partition coefficient (Wildman–Crippen LogP) is 0.186. The fourth-order valence-electron chi connectivity index (χ4n) is 4.36. The van der Waals surface area contributed by atoms with Gasteiger partial charge in [-0.1, -0.05) is 36.4 Å². The number of nitrogens with zero attached hydrogens (tertiary/aromatic N) is 2.